The standard InChI is InChI=1S/C24H34N4O5S/c1-15(2)28-22-7-5-4-6-16(22)10-21(24(28)31)23(30)26-17-11-18-8-9-19(12-17)27(18)14-20(29)13-25-34(3,32)33/h4-7,10,15,17-20,25,29H,8-9,11-14H2,1-3H3,(H,26,30)/t17?,18-,19+,20-/m0/s1. The highest BCUT2D eigenvalue weighted by atomic mass is 32.2. The molecule has 3 N–H and O–H groups in total. The number of amides is 1. The molecule has 2 aromatic rings. The molecule has 1 aromatic carbocycles. The smallest absolute Gasteiger partial charge is 0.264 e. The minimum absolute atomic E-state index is 0.0149. The summed E-state index contributed by atoms with van der Waals surface area (Å²) in [6.07, 6.45) is 3.69. The van der Waals surface area contributed by atoms with Gasteiger partial charge in [0.15, 0.2) is 0 Å². The third-order valence-corrected chi connectivity index (χ3v) is 7.62. The van der Waals surface area contributed by atoms with E-state index < -0.39 is 16.1 Å². The number of pyridine rings is 1. The Labute approximate surface area is 200 Å². The Morgan fingerprint density at radius 1 is 1.18 bits per heavy atom. The van der Waals surface area contributed by atoms with E-state index in [4.69, 9.17) is 0 Å². The summed E-state index contributed by atoms with van der Waals surface area (Å²) in [7, 11) is -3.35. The molecule has 1 amide bonds. The zero-order valence-corrected chi connectivity index (χ0v) is 20.7. The number of carbonyl (C=O) groups excluding carboxylic acids is 1. The number of hydrogen-bond donors (Lipinski definition) is 3. The van der Waals surface area contributed by atoms with Gasteiger partial charge in [-0.1, -0.05) is 18.2 Å². The number of benzene rings is 1. The van der Waals surface area contributed by atoms with Crippen molar-refractivity contribution in [3.63, 3.8) is 0 Å². The highest BCUT2D eigenvalue weighted by Crippen LogP contribution is 2.35. The van der Waals surface area contributed by atoms with Crippen LogP contribution in [0.2, 0.25) is 0 Å². The van der Waals surface area contributed by atoms with Crippen LogP contribution in [-0.2, 0) is 10.0 Å². The topological polar surface area (TPSA) is 121 Å². The lowest BCUT2D eigenvalue weighted by Gasteiger charge is -2.40. The first-order valence-electron chi connectivity index (χ1n) is 11.9. The van der Waals surface area contributed by atoms with Crippen LogP contribution in [0.25, 0.3) is 10.9 Å². The van der Waals surface area contributed by atoms with Crippen molar-refractivity contribution >= 4 is 26.8 Å². The van der Waals surface area contributed by atoms with Gasteiger partial charge in [-0.25, -0.2) is 13.1 Å². The van der Waals surface area contributed by atoms with Gasteiger partial charge in [0, 0.05) is 37.3 Å². The number of fused-ring (bicyclic) bond motifs is 3. The number of aliphatic hydroxyl groups is 1. The second-order valence-electron chi connectivity index (χ2n) is 9.88. The molecule has 0 radical (unpaired) electrons. The molecule has 2 fully saturated rings. The maximum absolute atomic E-state index is 13.2. The second kappa shape index (κ2) is 9.77. The summed E-state index contributed by atoms with van der Waals surface area (Å²) in [4.78, 5) is 28.6. The third-order valence-electron chi connectivity index (χ3n) is 6.93. The van der Waals surface area contributed by atoms with E-state index in [2.05, 4.69) is 14.9 Å². The fraction of sp³-hybridized carbons (Fsp3) is 0.583. The van der Waals surface area contributed by atoms with Crippen molar-refractivity contribution in [2.75, 3.05) is 19.3 Å². The summed E-state index contributed by atoms with van der Waals surface area (Å²) in [6, 6.07) is 9.56. The van der Waals surface area contributed by atoms with E-state index in [1.165, 1.54) is 0 Å². The van der Waals surface area contributed by atoms with E-state index in [1.807, 2.05) is 38.1 Å². The van der Waals surface area contributed by atoms with Crippen LogP contribution < -0.4 is 15.6 Å². The van der Waals surface area contributed by atoms with Gasteiger partial charge < -0.3 is 15.0 Å². The number of rotatable bonds is 8. The molecule has 0 aliphatic carbocycles. The fourth-order valence-corrected chi connectivity index (χ4v) is 5.96. The van der Waals surface area contributed by atoms with Crippen molar-refractivity contribution in [2.45, 2.75) is 69.8 Å². The van der Waals surface area contributed by atoms with Crippen molar-refractivity contribution in [3.05, 3.63) is 46.2 Å². The molecule has 2 bridgehead atoms. The summed E-state index contributed by atoms with van der Waals surface area (Å²) >= 11 is 0. The zero-order chi connectivity index (χ0) is 24.6. The lowest BCUT2D eigenvalue weighted by molar-refractivity contribution is 0.0523. The zero-order valence-electron chi connectivity index (χ0n) is 19.9. The number of para-hydroxylation sites is 1. The first-order chi connectivity index (χ1) is 16.0. The van der Waals surface area contributed by atoms with E-state index in [-0.39, 0.29) is 47.7 Å². The van der Waals surface area contributed by atoms with Crippen LogP contribution in [0.1, 0.15) is 55.9 Å². The minimum Gasteiger partial charge on any atom is -0.390 e. The Morgan fingerprint density at radius 2 is 1.82 bits per heavy atom. The number of hydrogen-bond acceptors (Lipinski definition) is 6. The summed E-state index contributed by atoms with van der Waals surface area (Å²) in [5, 5.41) is 14.2. The van der Waals surface area contributed by atoms with E-state index >= 15 is 0 Å². The van der Waals surface area contributed by atoms with Gasteiger partial charge in [-0.05, 0) is 57.0 Å². The average Bonchev–Trinajstić information content (AvgIpc) is 2.98. The van der Waals surface area contributed by atoms with Crippen LogP contribution in [0, 0.1) is 0 Å². The predicted octanol–water partition coefficient (Wildman–Crippen LogP) is 1.22. The van der Waals surface area contributed by atoms with Crippen LogP contribution in [0.15, 0.2) is 35.1 Å². The maximum atomic E-state index is 13.2. The molecule has 2 aliphatic heterocycles. The van der Waals surface area contributed by atoms with Crippen molar-refractivity contribution < 1.29 is 18.3 Å². The van der Waals surface area contributed by atoms with Crippen LogP contribution in [-0.4, -0.2) is 72.5 Å². The minimum atomic E-state index is -3.35. The molecule has 1 unspecified atom stereocenters. The molecule has 2 aliphatic rings. The maximum Gasteiger partial charge on any atom is 0.264 e. The Balaban J connectivity index is 1.44. The van der Waals surface area contributed by atoms with E-state index in [0.29, 0.717) is 6.54 Å². The van der Waals surface area contributed by atoms with Gasteiger partial charge in [0.25, 0.3) is 11.5 Å². The number of aliphatic hydroxyl groups excluding tert-OH is 1. The summed E-state index contributed by atoms with van der Waals surface area (Å²) in [5.74, 6) is -0.347. The molecule has 186 valence electrons. The molecule has 2 saturated heterocycles. The number of sulfonamides is 1. The molecule has 4 rings (SSSR count). The van der Waals surface area contributed by atoms with Crippen LogP contribution in [0.5, 0.6) is 0 Å². The van der Waals surface area contributed by atoms with Crippen molar-refractivity contribution in [3.8, 4) is 0 Å². The fourth-order valence-electron chi connectivity index (χ4n) is 5.47. The molecule has 0 saturated carbocycles. The van der Waals surface area contributed by atoms with Gasteiger partial charge in [-0.2, -0.15) is 0 Å². The summed E-state index contributed by atoms with van der Waals surface area (Å²) in [5.41, 5.74) is 0.687. The molecular formula is C24H34N4O5S. The SMILES string of the molecule is CC(C)n1c(=O)c(C(=O)NC2C[C@H]3CC[C@@H](C2)N3C[C@@H](O)CNS(C)(=O)=O)cc2ccccc21. The van der Waals surface area contributed by atoms with Gasteiger partial charge in [-0.3, -0.25) is 14.5 Å². The van der Waals surface area contributed by atoms with Gasteiger partial charge in [0.2, 0.25) is 10.0 Å². The molecular weight excluding hydrogens is 456 g/mol. The largest absolute Gasteiger partial charge is 0.390 e. The molecule has 4 atom stereocenters. The Morgan fingerprint density at radius 3 is 2.44 bits per heavy atom. The monoisotopic (exact) mass is 490 g/mol. The van der Waals surface area contributed by atoms with Gasteiger partial charge in [-0.15, -0.1) is 0 Å². The Bertz CT molecular complexity index is 1210. The highest BCUT2D eigenvalue weighted by molar-refractivity contribution is 7.88. The number of nitrogens with zero attached hydrogens (tertiary/aromatic N) is 2. The lowest BCUT2D eigenvalue weighted by atomic mass is 9.96. The lowest BCUT2D eigenvalue weighted by Crippen LogP contribution is -2.53. The number of piperidine rings is 1. The molecule has 34 heavy (non-hydrogen) atoms. The highest BCUT2D eigenvalue weighted by Gasteiger charge is 2.41. The third kappa shape index (κ3) is 5.35. The molecule has 0 spiro atoms. The molecule has 3 heterocycles. The van der Waals surface area contributed by atoms with Crippen molar-refractivity contribution in [1.82, 2.24) is 19.5 Å². The van der Waals surface area contributed by atoms with Crippen molar-refractivity contribution in [2.24, 2.45) is 0 Å². The molecule has 10 heteroatoms. The normalized spacial score (nSPS) is 24.0. The predicted molar refractivity (Wildman–Crippen MR) is 131 cm³/mol. The molecule has 9 nitrogen and oxygen atoms in total. The van der Waals surface area contributed by atoms with Crippen molar-refractivity contribution in [1.29, 1.82) is 0 Å². The van der Waals surface area contributed by atoms with Crippen LogP contribution in [0.4, 0.5) is 0 Å². The quantitative estimate of drug-likeness (QED) is 0.512. The Hall–Kier alpha value is -2.27. The van der Waals surface area contributed by atoms with Gasteiger partial charge >= 0.3 is 0 Å². The average molecular weight is 491 g/mol. The first-order valence-corrected chi connectivity index (χ1v) is 13.8. The van der Waals surface area contributed by atoms with E-state index in [9.17, 15) is 23.1 Å². The second-order valence-corrected chi connectivity index (χ2v) is 11.7. The Kier molecular flexibility index (Phi) is 7.14. The summed E-state index contributed by atoms with van der Waals surface area (Å²) < 4.78 is 26.6. The van der Waals surface area contributed by atoms with Gasteiger partial charge in [0.05, 0.1) is 17.9 Å². The summed E-state index contributed by atoms with van der Waals surface area (Å²) in [6.45, 7) is 4.24. The van der Waals surface area contributed by atoms with Crippen LogP contribution >= 0.6 is 0 Å². The number of carbonyl (C=O) groups is 1. The first kappa shape index (κ1) is 24.8. The molecule has 1 aromatic heterocycles. The van der Waals surface area contributed by atoms with E-state index in [0.717, 1.165) is 42.8 Å². The number of aromatic nitrogens is 1. The number of nitrogens with one attached hydrogen (secondary N) is 2. The van der Waals surface area contributed by atoms with Gasteiger partial charge in [0.1, 0.15) is 5.56 Å². The van der Waals surface area contributed by atoms with E-state index in [1.54, 1.807) is 10.6 Å². The van der Waals surface area contributed by atoms with Crippen LogP contribution in [0.3, 0.4) is 0 Å².